The summed E-state index contributed by atoms with van der Waals surface area (Å²) >= 11 is 0. The molecule has 0 spiro atoms. The molecule has 0 aliphatic carbocycles. The van der Waals surface area contributed by atoms with Gasteiger partial charge in [0.2, 0.25) is 0 Å². The van der Waals surface area contributed by atoms with Crippen LogP contribution in [0, 0.1) is 0 Å². The van der Waals surface area contributed by atoms with Gasteiger partial charge in [0.1, 0.15) is 5.75 Å². The Balaban J connectivity index is 1.98. The molecule has 0 saturated carbocycles. The summed E-state index contributed by atoms with van der Waals surface area (Å²) in [5.74, 6) is 6.63. The lowest BCUT2D eigenvalue weighted by Gasteiger charge is -2.20. The number of hydrogen-bond donors (Lipinski definition) is 1. The summed E-state index contributed by atoms with van der Waals surface area (Å²) in [7, 11) is 0. The number of nitrogens with zero attached hydrogens (tertiary/aromatic N) is 1. The lowest BCUT2D eigenvalue weighted by Crippen LogP contribution is -2.39. The van der Waals surface area contributed by atoms with Gasteiger partial charge in [-0.3, -0.25) is 5.84 Å². The second kappa shape index (κ2) is 3.77. The highest BCUT2D eigenvalue weighted by atomic mass is 16.5. The molecule has 1 heterocycles. The molecule has 2 rings (SSSR count). The summed E-state index contributed by atoms with van der Waals surface area (Å²) < 4.78 is 5.69. The average Bonchev–Trinajstić information content (AvgIpc) is 2.54. The van der Waals surface area contributed by atoms with Gasteiger partial charge in [-0.15, -0.1) is 0 Å². The van der Waals surface area contributed by atoms with Crippen molar-refractivity contribution in [2.24, 2.45) is 5.84 Å². The molecule has 1 saturated heterocycles. The fourth-order valence-electron chi connectivity index (χ4n) is 1.54. The zero-order valence-electron chi connectivity index (χ0n) is 7.52. The highest BCUT2D eigenvalue weighted by Gasteiger charge is 2.22. The molecule has 1 aromatic rings. The summed E-state index contributed by atoms with van der Waals surface area (Å²) in [5, 5.41) is 1.76. The third-order valence-electron chi connectivity index (χ3n) is 2.25. The molecule has 1 fully saturated rings. The number of hydrogen-bond acceptors (Lipinski definition) is 3. The Morgan fingerprint density at radius 1 is 1.31 bits per heavy atom. The van der Waals surface area contributed by atoms with Gasteiger partial charge in [-0.1, -0.05) is 18.2 Å². The highest BCUT2D eigenvalue weighted by molar-refractivity contribution is 5.21. The lowest BCUT2D eigenvalue weighted by molar-refractivity contribution is 0.0608. The van der Waals surface area contributed by atoms with E-state index in [1.54, 1.807) is 5.01 Å². The van der Waals surface area contributed by atoms with Crippen LogP contribution < -0.4 is 10.6 Å². The van der Waals surface area contributed by atoms with Crippen LogP contribution >= 0.6 is 0 Å². The zero-order chi connectivity index (χ0) is 9.10. The van der Waals surface area contributed by atoms with Gasteiger partial charge in [0.25, 0.3) is 0 Å². The SMILES string of the molecule is NN1CCCC1Oc1ccccc1. The molecule has 0 amide bonds. The molecular formula is C10H14N2O. The van der Waals surface area contributed by atoms with E-state index < -0.39 is 0 Å². The van der Waals surface area contributed by atoms with E-state index in [0.29, 0.717) is 0 Å². The van der Waals surface area contributed by atoms with Crippen molar-refractivity contribution in [1.29, 1.82) is 0 Å². The van der Waals surface area contributed by atoms with E-state index in [-0.39, 0.29) is 6.23 Å². The van der Waals surface area contributed by atoms with Crippen LogP contribution in [0.2, 0.25) is 0 Å². The Kier molecular flexibility index (Phi) is 2.47. The maximum Gasteiger partial charge on any atom is 0.164 e. The van der Waals surface area contributed by atoms with Crippen LogP contribution in [-0.4, -0.2) is 17.8 Å². The summed E-state index contributed by atoms with van der Waals surface area (Å²) in [4.78, 5) is 0. The summed E-state index contributed by atoms with van der Waals surface area (Å²) in [6.45, 7) is 0.928. The van der Waals surface area contributed by atoms with Crippen molar-refractivity contribution < 1.29 is 4.74 Å². The number of para-hydroxylation sites is 1. The standard InChI is InChI=1S/C10H14N2O/c11-12-8-4-7-10(12)13-9-5-2-1-3-6-9/h1-3,5-6,10H,4,7-8,11H2. The summed E-state index contributed by atoms with van der Waals surface area (Å²) in [5.41, 5.74) is 0. The van der Waals surface area contributed by atoms with Crippen molar-refractivity contribution in [1.82, 2.24) is 5.01 Å². The van der Waals surface area contributed by atoms with E-state index in [1.165, 1.54) is 0 Å². The van der Waals surface area contributed by atoms with E-state index in [0.717, 1.165) is 25.1 Å². The maximum atomic E-state index is 5.74. The van der Waals surface area contributed by atoms with Gasteiger partial charge in [0.15, 0.2) is 6.23 Å². The predicted molar refractivity (Wildman–Crippen MR) is 51.0 cm³/mol. The molecule has 1 aliphatic rings. The predicted octanol–water partition coefficient (Wildman–Crippen LogP) is 1.36. The first-order valence-electron chi connectivity index (χ1n) is 4.59. The third-order valence-corrected chi connectivity index (χ3v) is 2.25. The second-order valence-electron chi connectivity index (χ2n) is 3.27. The molecule has 3 nitrogen and oxygen atoms in total. The van der Waals surface area contributed by atoms with Gasteiger partial charge >= 0.3 is 0 Å². The van der Waals surface area contributed by atoms with Gasteiger partial charge in [-0.2, -0.15) is 0 Å². The summed E-state index contributed by atoms with van der Waals surface area (Å²) in [6.07, 6.45) is 2.20. The monoisotopic (exact) mass is 178 g/mol. The van der Waals surface area contributed by atoms with Gasteiger partial charge in [0, 0.05) is 13.0 Å². The normalized spacial score (nSPS) is 23.3. The number of rotatable bonds is 2. The van der Waals surface area contributed by atoms with E-state index in [2.05, 4.69) is 0 Å². The van der Waals surface area contributed by atoms with Crippen molar-refractivity contribution in [3.63, 3.8) is 0 Å². The Hall–Kier alpha value is -1.06. The molecule has 70 valence electrons. The first kappa shape index (κ1) is 8.53. The number of ether oxygens (including phenoxy) is 1. The van der Waals surface area contributed by atoms with Crippen molar-refractivity contribution in [2.75, 3.05) is 6.54 Å². The van der Waals surface area contributed by atoms with Crippen LogP contribution in [0.3, 0.4) is 0 Å². The Morgan fingerprint density at radius 3 is 2.69 bits per heavy atom. The molecule has 0 bridgehead atoms. The smallest absolute Gasteiger partial charge is 0.164 e. The molecule has 3 heteroatoms. The Labute approximate surface area is 78.1 Å². The molecule has 0 radical (unpaired) electrons. The second-order valence-corrected chi connectivity index (χ2v) is 3.27. The average molecular weight is 178 g/mol. The Morgan fingerprint density at radius 2 is 2.08 bits per heavy atom. The van der Waals surface area contributed by atoms with E-state index in [1.807, 2.05) is 30.3 Å². The van der Waals surface area contributed by atoms with Crippen molar-refractivity contribution in [2.45, 2.75) is 19.1 Å². The van der Waals surface area contributed by atoms with Crippen LogP contribution in [0.5, 0.6) is 5.75 Å². The fraction of sp³-hybridized carbons (Fsp3) is 0.400. The van der Waals surface area contributed by atoms with E-state index >= 15 is 0 Å². The van der Waals surface area contributed by atoms with Crippen LogP contribution in [0.15, 0.2) is 30.3 Å². The Bertz CT molecular complexity index is 263. The molecule has 1 aliphatic heterocycles. The lowest BCUT2D eigenvalue weighted by atomic mass is 10.3. The van der Waals surface area contributed by atoms with Crippen molar-refractivity contribution in [3.05, 3.63) is 30.3 Å². The quantitative estimate of drug-likeness (QED) is 0.695. The largest absolute Gasteiger partial charge is 0.474 e. The fourth-order valence-corrected chi connectivity index (χ4v) is 1.54. The minimum atomic E-state index is 0.0578. The molecule has 1 aromatic carbocycles. The number of nitrogens with two attached hydrogens (primary N) is 1. The molecule has 2 N–H and O–H groups in total. The number of hydrazine groups is 1. The first-order valence-corrected chi connectivity index (χ1v) is 4.59. The van der Waals surface area contributed by atoms with Crippen molar-refractivity contribution >= 4 is 0 Å². The first-order chi connectivity index (χ1) is 6.36. The van der Waals surface area contributed by atoms with E-state index in [4.69, 9.17) is 10.6 Å². The van der Waals surface area contributed by atoms with Crippen LogP contribution in [0.4, 0.5) is 0 Å². The zero-order valence-corrected chi connectivity index (χ0v) is 7.52. The van der Waals surface area contributed by atoms with Gasteiger partial charge < -0.3 is 4.74 Å². The minimum Gasteiger partial charge on any atom is -0.474 e. The molecule has 1 atom stereocenters. The van der Waals surface area contributed by atoms with Gasteiger partial charge in [-0.05, 0) is 18.6 Å². The van der Waals surface area contributed by atoms with Crippen LogP contribution in [0.25, 0.3) is 0 Å². The van der Waals surface area contributed by atoms with Crippen molar-refractivity contribution in [3.8, 4) is 5.75 Å². The van der Waals surface area contributed by atoms with Gasteiger partial charge in [0.05, 0.1) is 0 Å². The maximum absolute atomic E-state index is 5.74. The highest BCUT2D eigenvalue weighted by Crippen LogP contribution is 2.18. The van der Waals surface area contributed by atoms with Crippen LogP contribution in [-0.2, 0) is 0 Å². The number of benzene rings is 1. The molecular weight excluding hydrogens is 164 g/mol. The minimum absolute atomic E-state index is 0.0578. The molecule has 1 unspecified atom stereocenters. The summed E-state index contributed by atoms with van der Waals surface area (Å²) in [6, 6.07) is 9.80. The van der Waals surface area contributed by atoms with E-state index in [9.17, 15) is 0 Å². The topological polar surface area (TPSA) is 38.5 Å². The third kappa shape index (κ3) is 1.99. The van der Waals surface area contributed by atoms with Gasteiger partial charge in [-0.25, -0.2) is 5.01 Å². The van der Waals surface area contributed by atoms with Crippen LogP contribution in [0.1, 0.15) is 12.8 Å². The molecule has 0 aromatic heterocycles. The molecule has 13 heavy (non-hydrogen) atoms.